The normalized spacial score (nSPS) is 15.5. The SMILES string of the molecule is Cc1ccc(NC(=O)NC2CCCCC2)cc1-n1cnnn1. The van der Waals surface area contributed by atoms with Crippen LogP contribution in [0.3, 0.4) is 0 Å². The number of carbonyl (C=O) groups excluding carboxylic acids is 1. The first-order chi connectivity index (χ1) is 10.7. The number of aromatic nitrogens is 4. The summed E-state index contributed by atoms with van der Waals surface area (Å²) in [5.74, 6) is 0. The second-order valence-electron chi connectivity index (χ2n) is 5.69. The molecule has 1 aromatic carbocycles. The summed E-state index contributed by atoms with van der Waals surface area (Å²) in [6.07, 6.45) is 7.33. The third-order valence-electron chi connectivity index (χ3n) is 4.00. The number of nitrogens with zero attached hydrogens (tertiary/aromatic N) is 4. The van der Waals surface area contributed by atoms with Crippen LogP contribution in [0.25, 0.3) is 5.69 Å². The van der Waals surface area contributed by atoms with Crippen LogP contribution < -0.4 is 10.6 Å². The van der Waals surface area contributed by atoms with Crippen molar-refractivity contribution in [2.45, 2.75) is 45.1 Å². The van der Waals surface area contributed by atoms with Crippen molar-refractivity contribution in [1.82, 2.24) is 25.5 Å². The predicted octanol–water partition coefficient (Wildman–Crippen LogP) is 2.42. The molecule has 0 spiro atoms. The van der Waals surface area contributed by atoms with Crippen molar-refractivity contribution in [2.24, 2.45) is 0 Å². The van der Waals surface area contributed by atoms with Gasteiger partial charge in [0.25, 0.3) is 0 Å². The zero-order valence-corrected chi connectivity index (χ0v) is 12.6. The smallest absolute Gasteiger partial charge is 0.319 e. The first kappa shape index (κ1) is 14.5. The van der Waals surface area contributed by atoms with Gasteiger partial charge in [0, 0.05) is 11.7 Å². The molecule has 116 valence electrons. The first-order valence-electron chi connectivity index (χ1n) is 7.64. The second-order valence-corrected chi connectivity index (χ2v) is 5.69. The Morgan fingerprint density at radius 1 is 1.27 bits per heavy atom. The highest BCUT2D eigenvalue weighted by Gasteiger charge is 2.15. The summed E-state index contributed by atoms with van der Waals surface area (Å²) in [5.41, 5.74) is 2.61. The molecule has 0 unspecified atom stereocenters. The van der Waals surface area contributed by atoms with Gasteiger partial charge in [0.2, 0.25) is 0 Å². The minimum absolute atomic E-state index is 0.154. The Labute approximate surface area is 129 Å². The number of hydrogen-bond acceptors (Lipinski definition) is 4. The van der Waals surface area contributed by atoms with Crippen molar-refractivity contribution in [3.63, 3.8) is 0 Å². The molecule has 0 atom stereocenters. The number of aryl methyl sites for hydroxylation is 1. The molecule has 0 aliphatic heterocycles. The van der Waals surface area contributed by atoms with Gasteiger partial charge in [-0.15, -0.1) is 5.10 Å². The van der Waals surface area contributed by atoms with Gasteiger partial charge in [-0.3, -0.25) is 0 Å². The van der Waals surface area contributed by atoms with Crippen LogP contribution in [0.4, 0.5) is 10.5 Å². The summed E-state index contributed by atoms with van der Waals surface area (Å²) in [6.45, 7) is 1.98. The molecular formula is C15H20N6O. The molecule has 0 saturated heterocycles. The van der Waals surface area contributed by atoms with E-state index in [0.717, 1.165) is 29.8 Å². The molecule has 2 amide bonds. The molecule has 1 aliphatic rings. The molecule has 1 aromatic heterocycles. The molecule has 0 radical (unpaired) electrons. The first-order valence-corrected chi connectivity index (χ1v) is 7.64. The fourth-order valence-electron chi connectivity index (χ4n) is 2.81. The highest BCUT2D eigenvalue weighted by atomic mass is 16.2. The van der Waals surface area contributed by atoms with Crippen LogP contribution >= 0.6 is 0 Å². The minimum atomic E-state index is -0.154. The maximum absolute atomic E-state index is 12.1. The van der Waals surface area contributed by atoms with Crippen LogP contribution in [-0.4, -0.2) is 32.3 Å². The summed E-state index contributed by atoms with van der Waals surface area (Å²) in [4.78, 5) is 12.1. The van der Waals surface area contributed by atoms with E-state index >= 15 is 0 Å². The third-order valence-corrected chi connectivity index (χ3v) is 4.00. The Bertz CT molecular complexity index is 633. The molecule has 2 N–H and O–H groups in total. The van der Waals surface area contributed by atoms with Crippen LogP contribution in [0, 0.1) is 6.92 Å². The average molecular weight is 300 g/mol. The lowest BCUT2D eigenvalue weighted by atomic mass is 9.96. The van der Waals surface area contributed by atoms with E-state index in [0.29, 0.717) is 0 Å². The summed E-state index contributed by atoms with van der Waals surface area (Å²) in [7, 11) is 0. The Morgan fingerprint density at radius 2 is 2.09 bits per heavy atom. The Kier molecular flexibility index (Phi) is 4.32. The van der Waals surface area contributed by atoms with Gasteiger partial charge < -0.3 is 10.6 Å². The lowest BCUT2D eigenvalue weighted by Crippen LogP contribution is -2.39. The topological polar surface area (TPSA) is 84.7 Å². The van der Waals surface area contributed by atoms with Crippen molar-refractivity contribution in [2.75, 3.05) is 5.32 Å². The van der Waals surface area contributed by atoms with E-state index in [2.05, 4.69) is 26.2 Å². The van der Waals surface area contributed by atoms with Gasteiger partial charge in [-0.05, 0) is 47.9 Å². The molecule has 1 heterocycles. The number of rotatable bonds is 3. The van der Waals surface area contributed by atoms with E-state index < -0.39 is 0 Å². The van der Waals surface area contributed by atoms with Crippen molar-refractivity contribution < 1.29 is 4.79 Å². The van der Waals surface area contributed by atoms with Gasteiger partial charge in [0.1, 0.15) is 6.33 Å². The lowest BCUT2D eigenvalue weighted by molar-refractivity contribution is 0.244. The predicted molar refractivity (Wildman–Crippen MR) is 82.9 cm³/mol. The van der Waals surface area contributed by atoms with Gasteiger partial charge in [-0.1, -0.05) is 25.3 Å². The van der Waals surface area contributed by atoms with Crippen LogP contribution in [0.15, 0.2) is 24.5 Å². The van der Waals surface area contributed by atoms with E-state index in [-0.39, 0.29) is 12.1 Å². The average Bonchev–Trinajstić information content (AvgIpc) is 3.04. The second kappa shape index (κ2) is 6.55. The number of amides is 2. The highest BCUT2D eigenvalue weighted by Crippen LogP contribution is 2.19. The highest BCUT2D eigenvalue weighted by molar-refractivity contribution is 5.89. The number of nitrogens with one attached hydrogen (secondary N) is 2. The lowest BCUT2D eigenvalue weighted by Gasteiger charge is -2.23. The summed E-state index contributed by atoms with van der Waals surface area (Å²) in [6, 6.07) is 5.82. The number of benzene rings is 1. The number of hydrogen-bond donors (Lipinski definition) is 2. The maximum atomic E-state index is 12.1. The van der Waals surface area contributed by atoms with E-state index in [9.17, 15) is 4.79 Å². The van der Waals surface area contributed by atoms with Gasteiger partial charge >= 0.3 is 6.03 Å². The molecule has 0 bridgehead atoms. The van der Waals surface area contributed by atoms with Gasteiger partial charge in [-0.25, -0.2) is 9.48 Å². The van der Waals surface area contributed by atoms with Crippen molar-refractivity contribution in [3.05, 3.63) is 30.1 Å². The van der Waals surface area contributed by atoms with Crippen molar-refractivity contribution >= 4 is 11.7 Å². The Balaban J connectivity index is 1.67. The standard InChI is InChI=1S/C15H20N6O/c1-11-7-8-13(9-14(11)21-10-16-19-20-21)18-15(22)17-12-5-3-2-4-6-12/h7-10,12H,2-6H2,1H3,(H2,17,18,22). The monoisotopic (exact) mass is 300 g/mol. The molecule has 3 rings (SSSR count). The van der Waals surface area contributed by atoms with Gasteiger partial charge in [0.05, 0.1) is 5.69 Å². The minimum Gasteiger partial charge on any atom is -0.335 e. The fourth-order valence-corrected chi connectivity index (χ4v) is 2.81. The van der Waals surface area contributed by atoms with Crippen molar-refractivity contribution in [1.29, 1.82) is 0 Å². The molecule has 7 heteroatoms. The molecule has 7 nitrogen and oxygen atoms in total. The number of carbonyl (C=O) groups is 1. The van der Waals surface area contributed by atoms with Crippen molar-refractivity contribution in [3.8, 4) is 5.69 Å². The largest absolute Gasteiger partial charge is 0.335 e. The van der Waals surface area contributed by atoms with Crippen LogP contribution in [0.2, 0.25) is 0 Å². The molecule has 22 heavy (non-hydrogen) atoms. The van der Waals surface area contributed by atoms with Crippen LogP contribution in [-0.2, 0) is 0 Å². The van der Waals surface area contributed by atoms with E-state index in [1.165, 1.54) is 25.6 Å². The molecule has 2 aromatic rings. The maximum Gasteiger partial charge on any atom is 0.319 e. The Morgan fingerprint density at radius 3 is 2.82 bits per heavy atom. The Hall–Kier alpha value is -2.44. The third kappa shape index (κ3) is 3.41. The van der Waals surface area contributed by atoms with Gasteiger partial charge in [-0.2, -0.15) is 0 Å². The summed E-state index contributed by atoms with van der Waals surface area (Å²) in [5, 5.41) is 17.1. The van der Waals surface area contributed by atoms with Gasteiger partial charge in [0.15, 0.2) is 0 Å². The number of urea groups is 1. The summed E-state index contributed by atoms with van der Waals surface area (Å²) < 4.78 is 1.58. The number of anilines is 1. The van der Waals surface area contributed by atoms with E-state index in [1.54, 1.807) is 4.68 Å². The number of tetrazole rings is 1. The van der Waals surface area contributed by atoms with E-state index in [4.69, 9.17) is 0 Å². The molecule has 1 saturated carbocycles. The zero-order chi connectivity index (χ0) is 15.4. The van der Waals surface area contributed by atoms with Crippen LogP contribution in [0.5, 0.6) is 0 Å². The van der Waals surface area contributed by atoms with E-state index in [1.807, 2.05) is 25.1 Å². The molecular weight excluding hydrogens is 280 g/mol. The quantitative estimate of drug-likeness (QED) is 0.911. The molecule has 1 fully saturated rings. The zero-order valence-electron chi connectivity index (χ0n) is 12.6. The summed E-state index contributed by atoms with van der Waals surface area (Å²) >= 11 is 0. The molecule has 1 aliphatic carbocycles. The van der Waals surface area contributed by atoms with Crippen LogP contribution in [0.1, 0.15) is 37.7 Å². The fraction of sp³-hybridized carbons (Fsp3) is 0.467.